The largest absolute Gasteiger partial charge is 0.492 e. The second-order valence-electron chi connectivity index (χ2n) is 7.61. The monoisotopic (exact) mass is 491 g/mol. The van der Waals surface area contributed by atoms with Crippen molar-refractivity contribution < 1.29 is 27.0 Å². The molecule has 0 fully saturated rings. The number of aliphatic hydroxyl groups excluding tert-OH is 1. The summed E-state index contributed by atoms with van der Waals surface area (Å²) in [5, 5.41) is 12.6. The predicted molar refractivity (Wildman–Crippen MR) is 119 cm³/mol. The maximum absolute atomic E-state index is 13.3. The van der Waals surface area contributed by atoms with Crippen LogP contribution in [-0.2, 0) is 10.0 Å². The molecule has 2 aromatic rings. The van der Waals surface area contributed by atoms with Crippen molar-refractivity contribution in [2.45, 2.75) is 43.6 Å². The van der Waals surface area contributed by atoms with Gasteiger partial charge in [0.25, 0.3) is 0 Å². The molecular weight excluding hydrogens is 464 g/mol. The molecule has 2 atom stereocenters. The molecule has 0 radical (unpaired) electrons. The summed E-state index contributed by atoms with van der Waals surface area (Å²) >= 11 is 1.18. The van der Waals surface area contributed by atoms with E-state index in [0.29, 0.717) is 12.3 Å². The molecule has 0 bridgehead atoms. The number of ether oxygens (including phenoxy) is 1. The Morgan fingerprint density at radius 3 is 2.41 bits per heavy atom. The maximum atomic E-state index is 13.3. The second-order valence-corrected chi connectivity index (χ2v) is 10.8. The van der Waals surface area contributed by atoms with Crippen LogP contribution in [0, 0.1) is 17.6 Å². The molecule has 1 aromatic heterocycles. The van der Waals surface area contributed by atoms with E-state index >= 15 is 0 Å². The smallest absolute Gasteiger partial charge is 0.242 e. The SMILES string of the molecule is CC(C)C[C@H](CO)Nc1nc(NS(C)(=O)=O)nc(S[C@@H](C)COc2ccc(F)c(F)c2)n1. The van der Waals surface area contributed by atoms with Crippen LogP contribution in [0.4, 0.5) is 20.7 Å². The Kier molecular flexibility index (Phi) is 9.40. The Labute approximate surface area is 190 Å². The quantitative estimate of drug-likeness (QED) is 0.384. The minimum atomic E-state index is -3.63. The van der Waals surface area contributed by atoms with E-state index in [9.17, 15) is 22.3 Å². The Hall–Kier alpha value is -2.25. The number of thioether (sulfide) groups is 1. The first-order valence-electron chi connectivity index (χ1n) is 9.81. The first-order chi connectivity index (χ1) is 14.9. The highest BCUT2D eigenvalue weighted by Crippen LogP contribution is 2.24. The summed E-state index contributed by atoms with van der Waals surface area (Å²) in [4.78, 5) is 12.5. The van der Waals surface area contributed by atoms with Gasteiger partial charge in [0.05, 0.1) is 18.9 Å². The molecule has 3 N–H and O–H groups in total. The average Bonchev–Trinajstić information content (AvgIpc) is 2.66. The number of sulfonamides is 1. The lowest BCUT2D eigenvalue weighted by molar-refractivity contribution is 0.259. The zero-order chi connectivity index (χ0) is 23.9. The molecule has 32 heavy (non-hydrogen) atoms. The summed E-state index contributed by atoms with van der Waals surface area (Å²) in [7, 11) is -3.63. The fourth-order valence-corrected chi connectivity index (χ4v) is 3.81. The first-order valence-corrected chi connectivity index (χ1v) is 12.6. The molecular formula is C19H27F2N5O4S2. The van der Waals surface area contributed by atoms with Crippen molar-refractivity contribution in [2.24, 2.45) is 5.92 Å². The summed E-state index contributed by atoms with van der Waals surface area (Å²) in [6.07, 6.45) is 1.63. The van der Waals surface area contributed by atoms with E-state index < -0.39 is 21.7 Å². The summed E-state index contributed by atoms with van der Waals surface area (Å²) in [5.41, 5.74) is 0. The first kappa shape index (κ1) is 26.0. The van der Waals surface area contributed by atoms with Gasteiger partial charge in [0.15, 0.2) is 16.8 Å². The van der Waals surface area contributed by atoms with Crippen LogP contribution in [0.15, 0.2) is 23.4 Å². The van der Waals surface area contributed by atoms with Gasteiger partial charge in [0.2, 0.25) is 21.9 Å². The van der Waals surface area contributed by atoms with Gasteiger partial charge < -0.3 is 15.2 Å². The van der Waals surface area contributed by atoms with Gasteiger partial charge in [0, 0.05) is 11.3 Å². The number of rotatable bonds is 12. The number of nitrogens with zero attached hydrogens (tertiary/aromatic N) is 3. The minimum Gasteiger partial charge on any atom is -0.492 e. The zero-order valence-corrected chi connectivity index (χ0v) is 19.8. The average molecular weight is 492 g/mol. The van der Waals surface area contributed by atoms with Crippen LogP contribution in [-0.4, -0.2) is 59.2 Å². The van der Waals surface area contributed by atoms with Gasteiger partial charge in [-0.15, -0.1) is 0 Å². The standard InChI is InChI=1S/C19H27F2N5O4S2/c1-11(2)7-13(9-27)22-17-23-18(26-32(4,28)29)25-19(24-17)31-12(3)10-30-14-5-6-15(20)16(21)8-14/h5-6,8,11-13,27H,7,9-10H2,1-4H3,(H2,22,23,24,25,26)/t12-,13+/m0/s1. The molecule has 2 rings (SSSR count). The Balaban J connectivity index is 2.14. The van der Waals surface area contributed by atoms with Crippen LogP contribution in [0.3, 0.4) is 0 Å². The number of aliphatic hydroxyl groups is 1. The van der Waals surface area contributed by atoms with E-state index in [4.69, 9.17) is 4.74 Å². The third kappa shape index (κ3) is 9.09. The summed E-state index contributed by atoms with van der Waals surface area (Å²) in [6.45, 7) is 5.79. The number of hydrogen-bond acceptors (Lipinski definition) is 9. The molecule has 0 saturated heterocycles. The van der Waals surface area contributed by atoms with Crippen LogP contribution < -0.4 is 14.8 Å². The molecule has 13 heteroatoms. The van der Waals surface area contributed by atoms with Crippen LogP contribution in [0.1, 0.15) is 27.2 Å². The summed E-state index contributed by atoms with van der Waals surface area (Å²) in [5.74, 6) is -1.54. The lowest BCUT2D eigenvalue weighted by Crippen LogP contribution is -2.27. The number of anilines is 2. The van der Waals surface area contributed by atoms with E-state index in [1.165, 1.54) is 17.8 Å². The topological polar surface area (TPSA) is 126 Å². The zero-order valence-electron chi connectivity index (χ0n) is 18.2. The van der Waals surface area contributed by atoms with Crippen molar-refractivity contribution in [3.63, 3.8) is 0 Å². The number of hydrogen-bond donors (Lipinski definition) is 3. The van der Waals surface area contributed by atoms with Gasteiger partial charge >= 0.3 is 0 Å². The van der Waals surface area contributed by atoms with Crippen molar-refractivity contribution in [2.75, 3.05) is 29.5 Å². The van der Waals surface area contributed by atoms with E-state index in [2.05, 4.69) is 25.0 Å². The van der Waals surface area contributed by atoms with Gasteiger partial charge in [0.1, 0.15) is 12.4 Å². The third-order valence-corrected chi connectivity index (χ3v) is 5.37. The third-order valence-electron chi connectivity index (χ3n) is 3.88. The fourth-order valence-electron chi connectivity index (χ4n) is 2.61. The van der Waals surface area contributed by atoms with Gasteiger partial charge in [-0.1, -0.05) is 25.6 Å². The van der Waals surface area contributed by atoms with Crippen LogP contribution in [0.2, 0.25) is 0 Å². The van der Waals surface area contributed by atoms with E-state index in [1.807, 2.05) is 13.8 Å². The Morgan fingerprint density at radius 2 is 1.81 bits per heavy atom. The van der Waals surface area contributed by atoms with E-state index in [0.717, 1.165) is 18.4 Å². The van der Waals surface area contributed by atoms with Crippen molar-refractivity contribution in [3.8, 4) is 5.75 Å². The highest BCUT2D eigenvalue weighted by atomic mass is 32.2. The number of aromatic nitrogens is 3. The van der Waals surface area contributed by atoms with Gasteiger partial charge in [-0.2, -0.15) is 15.0 Å². The Morgan fingerprint density at radius 1 is 1.12 bits per heavy atom. The van der Waals surface area contributed by atoms with Crippen molar-refractivity contribution in [3.05, 3.63) is 29.8 Å². The van der Waals surface area contributed by atoms with E-state index in [1.54, 1.807) is 6.92 Å². The molecule has 0 unspecified atom stereocenters. The lowest BCUT2D eigenvalue weighted by atomic mass is 10.0. The molecule has 9 nitrogen and oxygen atoms in total. The minimum absolute atomic E-state index is 0.113. The van der Waals surface area contributed by atoms with E-state index in [-0.39, 0.29) is 47.3 Å². The number of halogens is 2. The van der Waals surface area contributed by atoms with Crippen LogP contribution in [0.25, 0.3) is 0 Å². The molecule has 0 spiro atoms. The lowest BCUT2D eigenvalue weighted by Gasteiger charge is -2.19. The summed E-state index contributed by atoms with van der Waals surface area (Å²) in [6, 6.07) is 2.92. The Bertz CT molecular complexity index is 1010. The highest BCUT2D eigenvalue weighted by Gasteiger charge is 2.17. The molecule has 1 heterocycles. The molecule has 0 aliphatic carbocycles. The van der Waals surface area contributed by atoms with Crippen molar-refractivity contribution in [1.29, 1.82) is 0 Å². The predicted octanol–water partition coefficient (Wildman–Crippen LogP) is 2.90. The van der Waals surface area contributed by atoms with Crippen LogP contribution in [0.5, 0.6) is 5.75 Å². The van der Waals surface area contributed by atoms with Gasteiger partial charge in [-0.3, -0.25) is 4.72 Å². The van der Waals surface area contributed by atoms with Crippen LogP contribution >= 0.6 is 11.8 Å². The number of benzene rings is 1. The summed E-state index contributed by atoms with van der Waals surface area (Å²) < 4.78 is 57.3. The molecule has 0 aliphatic heterocycles. The normalized spacial score (nSPS) is 13.6. The number of nitrogens with one attached hydrogen (secondary N) is 2. The molecule has 0 amide bonds. The molecule has 0 saturated carbocycles. The van der Waals surface area contributed by atoms with Crippen molar-refractivity contribution in [1.82, 2.24) is 15.0 Å². The fraction of sp³-hybridized carbons (Fsp3) is 0.526. The molecule has 178 valence electrons. The van der Waals surface area contributed by atoms with Gasteiger partial charge in [-0.25, -0.2) is 17.2 Å². The highest BCUT2D eigenvalue weighted by molar-refractivity contribution is 7.99. The maximum Gasteiger partial charge on any atom is 0.242 e. The van der Waals surface area contributed by atoms with Gasteiger partial charge in [-0.05, 0) is 31.4 Å². The molecule has 1 aromatic carbocycles. The second kappa shape index (κ2) is 11.6. The molecule has 0 aliphatic rings. The van der Waals surface area contributed by atoms with Crippen molar-refractivity contribution >= 4 is 33.7 Å².